The molecule has 0 saturated carbocycles. The van der Waals surface area contributed by atoms with Crippen molar-refractivity contribution in [3.05, 3.63) is 47.5 Å². The van der Waals surface area contributed by atoms with Crippen molar-refractivity contribution in [2.45, 2.75) is 13.2 Å². The average Bonchev–Trinajstić information content (AvgIpc) is 2.72. The van der Waals surface area contributed by atoms with Gasteiger partial charge < -0.3 is 9.30 Å². The molecule has 0 fully saturated rings. The average molecular weight is 260 g/mol. The Labute approximate surface area is 111 Å². The van der Waals surface area contributed by atoms with Crippen LogP contribution in [0.4, 0.5) is 0 Å². The summed E-state index contributed by atoms with van der Waals surface area (Å²) in [6, 6.07) is 14.3. The minimum absolute atomic E-state index is 0.00595. The number of methoxy groups -OCH3 is 1. The molecule has 0 spiro atoms. The fourth-order valence-corrected chi connectivity index (χ4v) is 2.64. The maximum Gasteiger partial charge on any atom is 0.131 e. The lowest BCUT2D eigenvalue weighted by atomic mass is 10.2. The Kier molecular flexibility index (Phi) is 2.77. The predicted molar refractivity (Wildman–Crippen MR) is 76.2 cm³/mol. The van der Waals surface area contributed by atoms with E-state index in [1.54, 1.807) is 7.11 Å². The molecule has 0 amide bonds. The summed E-state index contributed by atoms with van der Waals surface area (Å²) in [5, 5.41) is 3.14. The first-order valence-corrected chi connectivity index (χ1v) is 6.31. The van der Waals surface area contributed by atoms with Crippen LogP contribution in [0, 0.1) is 0 Å². The summed E-state index contributed by atoms with van der Waals surface area (Å²) in [6.07, 6.45) is -0.00595. The molecule has 0 aliphatic heterocycles. The summed E-state index contributed by atoms with van der Waals surface area (Å²) >= 11 is 6.10. The second kappa shape index (κ2) is 4.30. The lowest BCUT2D eigenvalue weighted by molar-refractivity contribution is 0.0675. The highest BCUT2D eigenvalue weighted by atomic mass is 35.5. The van der Waals surface area contributed by atoms with Crippen molar-refractivity contribution >= 4 is 33.4 Å². The molecule has 3 aromatic rings. The van der Waals surface area contributed by atoms with Crippen molar-refractivity contribution in [2.24, 2.45) is 0 Å². The first kappa shape index (κ1) is 11.6. The van der Waals surface area contributed by atoms with Crippen LogP contribution in [0.15, 0.2) is 42.5 Å². The van der Waals surface area contributed by atoms with Gasteiger partial charge in [0.15, 0.2) is 0 Å². The number of benzene rings is 2. The fourth-order valence-electron chi connectivity index (χ4n) is 2.47. The Hall–Kier alpha value is -1.51. The number of halogens is 1. The molecule has 92 valence electrons. The molecule has 0 aliphatic carbocycles. The smallest absolute Gasteiger partial charge is 0.131 e. The molecule has 3 rings (SSSR count). The molecular formula is C15H14ClNO. The zero-order valence-corrected chi connectivity index (χ0v) is 11.1. The van der Waals surface area contributed by atoms with Gasteiger partial charge in [-0.05, 0) is 31.2 Å². The largest absolute Gasteiger partial charge is 0.362 e. The van der Waals surface area contributed by atoms with E-state index in [9.17, 15) is 0 Å². The number of hydrogen-bond acceptors (Lipinski definition) is 1. The number of fused-ring (bicyclic) bond motifs is 3. The molecule has 0 bridgehead atoms. The van der Waals surface area contributed by atoms with Gasteiger partial charge in [-0.1, -0.05) is 29.8 Å². The van der Waals surface area contributed by atoms with Crippen molar-refractivity contribution in [3.63, 3.8) is 0 Å². The Balaban J connectivity index is 2.49. The maximum atomic E-state index is 6.10. The first-order valence-electron chi connectivity index (χ1n) is 5.93. The molecule has 0 saturated heterocycles. The van der Waals surface area contributed by atoms with Gasteiger partial charge >= 0.3 is 0 Å². The Morgan fingerprint density at radius 3 is 2.56 bits per heavy atom. The molecular weight excluding hydrogens is 246 g/mol. The van der Waals surface area contributed by atoms with Gasteiger partial charge in [0.25, 0.3) is 0 Å². The van der Waals surface area contributed by atoms with Crippen LogP contribution in [0.25, 0.3) is 21.8 Å². The van der Waals surface area contributed by atoms with Gasteiger partial charge in [-0.3, -0.25) is 0 Å². The molecule has 1 heterocycles. The minimum atomic E-state index is -0.00595. The van der Waals surface area contributed by atoms with Gasteiger partial charge in [-0.2, -0.15) is 0 Å². The highest BCUT2D eigenvalue weighted by molar-refractivity contribution is 6.31. The van der Waals surface area contributed by atoms with Crippen molar-refractivity contribution in [2.75, 3.05) is 7.11 Å². The summed E-state index contributed by atoms with van der Waals surface area (Å²) in [4.78, 5) is 0. The first-order chi connectivity index (χ1) is 8.72. The van der Waals surface area contributed by atoms with E-state index in [1.807, 2.05) is 37.3 Å². The van der Waals surface area contributed by atoms with Crippen LogP contribution in [-0.2, 0) is 4.74 Å². The van der Waals surface area contributed by atoms with E-state index in [1.165, 1.54) is 16.3 Å². The van der Waals surface area contributed by atoms with Crippen LogP contribution >= 0.6 is 11.6 Å². The SMILES string of the molecule is COC(C)n1c2ccccc2c2cc(Cl)ccc21. The zero-order valence-electron chi connectivity index (χ0n) is 10.4. The summed E-state index contributed by atoms with van der Waals surface area (Å²) in [6.45, 7) is 2.04. The Morgan fingerprint density at radius 2 is 1.78 bits per heavy atom. The van der Waals surface area contributed by atoms with E-state index in [0.29, 0.717) is 0 Å². The topological polar surface area (TPSA) is 14.2 Å². The maximum absolute atomic E-state index is 6.10. The molecule has 0 aliphatic rings. The van der Waals surface area contributed by atoms with Crippen molar-refractivity contribution in [1.29, 1.82) is 0 Å². The molecule has 3 heteroatoms. The van der Waals surface area contributed by atoms with E-state index in [4.69, 9.17) is 16.3 Å². The van der Waals surface area contributed by atoms with Gasteiger partial charge in [0.1, 0.15) is 6.23 Å². The third-order valence-corrected chi connectivity index (χ3v) is 3.61. The fraction of sp³-hybridized carbons (Fsp3) is 0.200. The summed E-state index contributed by atoms with van der Waals surface area (Å²) in [5.41, 5.74) is 2.32. The van der Waals surface area contributed by atoms with Gasteiger partial charge in [-0.15, -0.1) is 0 Å². The normalized spacial score (nSPS) is 13.3. The summed E-state index contributed by atoms with van der Waals surface area (Å²) in [7, 11) is 1.72. The second-order valence-electron chi connectivity index (χ2n) is 4.38. The van der Waals surface area contributed by atoms with Gasteiger partial charge in [0.05, 0.1) is 11.0 Å². The van der Waals surface area contributed by atoms with Crippen LogP contribution in [0.5, 0.6) is 0 Å². The number of aromatic nitrogens is 1. The highest BCUT2D eigenvalue weighted by Crippen LogP contribution is 2.33. The second-order valence-corrected chi connectivity index (χ2v) is 4.82. The molecule has 1 unspecified atom stereocenters. The summed E-state index contributed by atoms with van der Waals surface area (Å²) in [5.74, 6) is 0. The van der Waals surface area contributed by atoms with Crippen molar-refractivity contribution in [3.8, 4) is 0 Å². The monoisotopic (exact) mass is 259 g/mol. The van der Waals surface area contributed by atoms with E-state index in [0.717, 1.165) is 10.5 Å². The van der Waals surface area contributed by atoms with Crippen LogP contribution < -0.4 is 0 Å². The molecule has 1 aromatic heterocycles. The standard InChI is InChI=1S/C15H14ClNO/c1-10(18-2)17-14-6-4-3-5-12(14)13-9-11(16)7-8-15(13)17/h3-10H,1-2H3. The Bertz CT molecular complexity index is 717. The van der Waals surface area contributed by atoms with Crippen LogP contribution in [0.1, 0.15) is 13.2 Å². The molecule has 18 heavy (non-hydrogen) atoms. The number of nitrogens with zero attached hydrogens (tertiary/aromatic N) is 1. The minimum Gasteiger partial charge on any atom is -0.362 e. The number of ether oxygens (including phenoxy) is 1. The molecule has 2 nitrogen and oxygen atoms in total. The van der Waals surface area contributed by atoms with Gasteiger partial charge in [0.2, 0.25) is 0 Å². The highest BCUT2D eigenvalue weighted by Gasteiger charge is 2.14. The summed E-state index contributed by atoms with van der Waals surface area (Å²) < 4.78 is 7.67. The number of para-hydroxylation sites is 1. The lowest BCUT2D eigenvalue weighted by Gasteiger charge is -2.14. The van der Waals surface area contributed by atoms with Gasteiger partial charge in [0, 0.05) is 22.9 Å². The lowest BCUT2D eigenvalue weighted by Crippen LogP contribution is -2.06. The third-order valence-electron chi connectivity index (χ3n) is 3.38. The quantitative estimate of drug-likeness (QED) is 0.655. The van der Waals surface area contributed by atoms with Crippen molar-refractivity contribution < 1.29 is 4.74 Å². The van der Waals surface area contributed by atoms with Crippen LogP contribution in [-0.4, -0.2) is 11.7 Å². The van der Waals surface area contributed by atoms with E-state index in [2.05, 4.69) is 16.7 Å². The molecule has 0 N–H and O–H groups in total. The Morgan fingerprint density at radius 1 is 1.06 bits per heavy atom. The predicted octanol–water partition coefficient (Wildman–Crippen LogP) is 4.61. The van der Waals surface area contributed by atoms with Gasteiger partial charge in [-0.25, -0.2) is 0 Å². The number of rotatable bonds is 2. The van der Waals surface area contributed by atoms with Crippen molar-refractivity contribution in [1.82, 2.24) is 4.57 Å². The van der Waals surface area contributed by atoms with E-state index in [-0.39, 0.29) is 6.23 Å². The van der Waals surface area contributed by atoms with E-state index >= 15 is 0 Å². The zero-order chi connectivity index (χ0) is 12.7. The molecule has 1 atom stereocenters. The molecule has 2 aromatic carbocycles. The third kappa shape index (κ3) is 1.61. The van der Waals surface area contributed by atoms with E-state index < -0.39 is 0 Å². The van der Waals surface area contributed by atoms with Crippen LogP contribution in [0.2, 0.25) is 5.02 Å². The van der Waals surface area contributed by atoms with Crippen LogP contribution in [0.3, 0.4) is 0 Å². The number of hydrogen-bond donors (Lipinski definition) is 0. The molecule has 0 radical (unpaired) electrons.